The van der Waals surface area contributed by atoms with Gasteiger partial charge in [-0.1, -0.05) is 24.3 Å². The summed E-state index contributed by atoms with van der Waals surface area (Å²) < 4.78 is 5.43. The number of rotatable bonds is 7. The number of anilines is 2. The van der Waals surface area contributed by atoms with E-state index in [9.17, 15) is 9.59 Å². The predicted molar refractivity (Wildman–Crippen MR) is 127 cm³/mol. The van der Waals surface area contributed by atoms with Crippen LogP contribution in [-0.2, 0) is 16.0 Å². The molecule has 5 rings (SSSR count). The van der Waals surface area contributed by atoms with Crippen LogP contribution in [0.5, 0.6) is 5.75 Å². The molecule has 1 aromatic heterocycles. The van der Waals surface area contributed by atoms with Crippen LogP contribution in [0.3, 0.4) is 0 Å². The summed E-state index contributed by atoms with van der Waals surface area (Å²) in [6.07, 6.45) is 0.800. The van der Waals surface area contributed by atoms with E-state index in [2.05, 4.69) is 15.3 Å². The SMILES string of the molecule is CCOc1ccc(N2C(=O)CC(Nc3ccc(Cc4nc5ccccc5[nH]4)cc3)C2=O)cc1. The molecule has 1 unspecified atom stereocenters. The first-order valence-corrected chi connectivity index (χ1v) is 11.0. The maximum absolute atomic E-state index is 12.9. The number of imidazole rings is 1. The molecule has 1 aliphatic rings. The monoisotopic (exact) mass is 440 g/mol. The van der Waals surface area contributed by atoms with Gasteiger partial charge in [0.1, 0.15) is 17.6 Å². The fourth-order valence-electron chi connectivity index (χ4n) is 4.08. The Morgan fingerprint density at radius 3 is 2.52 bits per heavy atom. The first-order chi connectivity index (χ1) is 16.1. The first kappa shape index (κ1) is 20.8. The summed E-state index contributed by atoms with van der Waals surface area (Å²) in [5, 5.41) is 3.20. The van der Waals surface area contributed by atoms with E-state index in [0.717, 1.165) is 28.1 Å². The van der Waals surface area contributed by atoms with Crippen LogP contribution in [0.2, 0.25) is 0 Å². The molecule has 4 aromatic rings. The van der Waals surface area contributed by atoms with Gasteiger partial charge in [-0.25, -0.2) is 9.88 Å². The molecular formula is C26H24N4O3. The average molecular weight is 441 g/mol. The number of aromatic amines is 1. The van der Waals surface area contributed by atoms with Gasteiger partial charge in [0, 0.05) is 12.1 Å². The second kappa shape index (κ2) is 8.78. The van der Waals surface area contributed by atoms with E-state index in [1.165, 1.54) is 4.90 Å². The summed E-state index contributed by atoms with van der Waals surface area (Å²) in [5.41, 5.74) is 4.42. The number of amides is 2. The van der Waals surface area contributed by atoms with Gasteiger partial charge in [-0.3, -0.25) is 9.59 Å². The van der Waals surface area contributed by atoms with Crippen LogP contribution < -0.4 is 15.0 Å². The Kier molecular flexibility index (Phi) is 5.52. The molecule has 0 saturated carbocycles. The van der Waals surface area contributed by atoms with Crippen molar-refractivity contribution in [3.63, 3.8) is 0 Å². The lowest BCUT2D eigenvalue weighted by molar-refractivity contribution is -0.121. The van der Waals surface area contributed by atoms with Gasteiger partial charge in [-0.2, -0.15) is 0 Å². The lowest BCUT2D eigenvalue weighted by atomic mass is 10.1. The lowest BCUT2D eigenvalue weighted by Gasteiger charge is -2.16. The summed E-state index contributed by atoms with van der Waals surface area (Å²) in [4.78, 5) is 34.7. The second-order valence-corrected chi connectivity index (χ2v) is 7.97. The maximum atomic E-state index is 12.9. The molecule has 1 saturated heterocycles. The van der Waals surface area contributed by atoms with E-state index < -0.39 is 6.04 Å². The number of H-pyrrole nitrogens is 1. The van der Waals surface area contributed by atoms with E-state index in [-0.39, 0.29) is 18.2 Å². The quantitative estimate of drug-likeness (QED) is 0.419. The number of hydrogen-bond donors (Lipinski definition) is 2. The molecule has 0 bridgehead atoms. The minimum atomic E-state index is -0.592. The van der Waals surface area contributed by atoms with Gasteiger partial charge >= 0.3 is 0 Å². The molecule has 3 aromatic carbocycles. The van der Waals surface area contributed by atoms with Crippen LogP contribution in [0.1, 0.15) is 24.7 Å². The van der Waals surface area contributed by atoms with Crippen molar-refractivity contribution in [1.29, 1.82) is 0 Å². The highest BCUT2D eigenvalue weighted by Crippen LogP contribution is 2.27. The van der Waals surface area contributed by atoms with Crippen LogP contribution in [0, 0.1) is 0 Å². The standard InChI is InChI=1S/C26H24N4O3/c1-2-33-20-13-11-19(12-14-20)30-25(31)16-23(26(30)32)27-18-9-7-17(8-10-18)15-24-28-21-5-3-4-6-22(21)29-24/h3-14,23,27H,2,15-16H2,1H3,(H,28,29). The van der Waals surface area contributed by atoms with E-state index in [1.54, 1.807) is 24.3 Å². The number of hydrogen-bond acceptors (Lipinski definition) is 5. The first-order valence-electron chi connectivity index (χ1n) is 11.0. The number of carbonyl (C=O) groups is 2. The minimum absolute atomic E-state index is 0.118. The van der Waals surface area contributed by atoms with Gasteiger partial charge in [0.25, 0.3) is 5.91 Å². The zero-order valence-electron chi connectivity index (χ0n) is 18.2. The van der Waals surface area contributed by atoms with Crippen molar-refractivity contribution in [2.45, 2.75) is 25.8 Å². The van der Waals surface area contributed by atoms with Gasteiger partial charge in [0.15, 0.2) is 0 Å². The third kappa shape index (κ3) is 4.30. The largest absolute Gasteiger partial charge is 0.494 e. The van der Waals surface area contributed by atoms with Gasteiger partial charge in [0.05, 0.1) is 29.7 Å². The average Bonchev–Trinajstić information content (AvgIpc) is 3.35. The van der Waals surface area contributed by atoms with Crippen molar-refractivity contribution in [1.82, 2.24) is 9.97 Å². The lowest BCUT2D eigenvalue weighted by Crippen LogP contribution is -2.34. The molecular weight excluding hydrogens is 416 g/mol. The van der Waals surface area contributed by atoms with Crippen LogP contribution >= 0.6 is 0 Å². The number of fused-ring (bicyclic) bond motifs is 1. The van der Waals surface area contributed by atoms with E-state index in [0.29, 0.717) is 24.5 Å². The molecule has 7 nitrogen and oxygen atoms in total. The van der Waals surface area contributed by atoms with Crippen molar-refractivity contribution in [2.75, 3.05) is 16.8 Å². The summed E-state index contributed by atoms with van der Waals surface area (Å²) in [6, 6.07) is 22.2. The van der Waals surface area contributed by atoms with Crippen LogP contribution in [0.15, 0.2) is 72.8 Å². The molecule has 2 amide bonds. The van der Waals surface area contributed by atoms with E-state index >= 15 is 0 Å². The Labute approximate surface area is 191 Å². The maximum Gasteiger partial charge on any atom is 0.256 e. The number of aromatic nitrogens is 2. The number of benzene rings is 3. The molecule has 0 spiro atoms. The highest BCUT2D eigenvalue weighted by atomic mass is 16.5. The number of para-hydroxylation sites is 2. The van der Waals surface area contributed by atoms with E-state index in [1.807, 2.05) is 55.5 Å². The summed E-state index contributed by atoms with van der Waals surface area (Å²) in [7, 11) is 0. The number of carbonyl (C=O) groups excluding carboxylic acids is 2. The Morgan fingerprint density at radius 2 is 1.79 bits per heavy atom. The van der Waals surface area contributed by atoms with Crippen molar-refractivity contribution in [3.8, 4) is 5.75 Å². The number of nitrogens with one attached hydrogen (secondary N) is 2. The smallest absolute Gasteiger partial charge is 0.256 e. The molecule has 1 aliphatic heterocycles. The molecule has 7 heteroatoms. The second-order valence-electron chi connectivity index (χ2n) is 7.97. The highest BCUT2D eigenvalue weighted by Gasteiger charge is 2.39. The molecule has 33 heavy (non-hydrogen) atoms. The fourth-order valence-corrected chi connectivity index (χ4v) is 4.08. The van der Waals surface area contributed by atoms with Crippen LogP contribution in [0.4, 0.5) is 11.4 Å². The number of nitrogens with zero attached hydrogens (tertiary/aromatic N) is 2. The van der Waals surface area contributed by atoms with Gasteiger partial charge in [-0.15, -0.1) is 0 Å². The van der Waals surface area contributed by atoms with Crippen molar-refractivity contribution >= 4 is 34.2 Å². The molecule has 1 atom stereocenters. The van der Waals surface area contributed by atoms with Crippen molar-refractivity contribution < 1.29 is 14.3 Å². The Bertz CT molecular complexity index is 1260. The summed E-state index contributed by atoms with van der Waals surface area (Å²) >= 11 is 0. The number of imide groups is 1. The third-order valence-corrected chi connectivity index (χ3v) is 5.66. The third-order valence-electron chi connectivity index (χ3n) is 5.66. The molecule has 1 fully saturated rings. The molecule has 0 radical (unpaired) electrons. The zero-order valence-corrected chi connectivity index (χ0v) is 18.2. The fraction of sp³-hybridized carbons (Fsp3) is 0.192. The highest BCUT2D eigenvalue weighted by molar-refractivity contribution is 6.23. The number of ether oxygens (including phenoxy) is 1. The van der Waals surface area contributed by atoms with Crippen molar-refractivity contribution in [3.05, 3.63) is 84.2 Å². The van der Waals surface area contributed by atoms with Crippen LogP contribution in [-0.4, -0.2) is 34.4 Å². The normalized spacial score (nSPS) is 15.9. The van der Waals surface area contributed by atoms with Crippen molar-refractivity contribution in [2.24, 2.45) is 0 Å². The van der Waals surface area contributed by atoms with Gasteiger partial charge < -0.3 is 15.0 Å². The Morgan fingerprint density at radius 1 is 1.03 bits per heavy atom. The predicted octanol–water partition coefficient (Wildman–Crippen LogP) is 4.30. The molecule has 2 heterocycles. The molecule has 166 valence electrons. The molecule has 0 aliphatic carbocycles. The topological polar surface area (TPSA) is 87.3 Å². The Balaban J connectivity index is 1.24. The minimum Gasteiger partial charge on any atom is -0.494 e. The molecule has 2 N–H and O–H groups in total. The van der Waals surface area contributed by atoms with Gasteiger partial charge in [-0.05, 0) is 61.0 Å². The Hall–Kier alpha value is -4.13. The van der Waals surface area contributed by atoms with E-state index in [4.69, 9.17) is 4.74 Å². The van der Waals surface area contributed by atoms with Gasteiger partial charge in [0.2, 0.25) is 5.91 Å². The summed E-state index contributed by atoms with van der Waals surface area (Å²) in [5.74, 6) is 1.14. The van der Waals surface area contributed by atoms with Crippen LogP contribution in [0.25, 0.3) is 11.0 Å². The zero-order chi connectivity index (χ0) is 22.8. The summed E-state index contributed by atoms with van der Waals surface area (Å²) in [6.45, 7) is 2.47.